The molecule has 2 unspecified atom stereocenters. The summed E-state index contributed by atoms with van der Waals surface area (Å²) >= 11 is 0. The lowest BCUT2D eigenvalue weighted by Gasteiger charge is -2.34. The Morgan fingerprint density at radius 2 is 1.84 bits per heavy atom. The highest BCUT2D eigenvalue weighted by Crippen LogP contribution is 2.34. The minimum Gasteiger partial charge on any atom is -0.364 e. The van der Waals surface area contributed by atoms with Crippen molar-refractivity contribution in [1.29, 1.82) is 0 Å². The van der Waals surface area contributed by atoms with Crippen LogP contribution < -0.4 is 5.32 Å². The van der Waals surface area contributed by atoms with Crippen LogP contribution in [-0.4, -0.2) is 24.8 Å². The molecular weight excluding hydrogens is 456 g/mol. The second kappa shape index (κ2) is 10.7. The summed E-state index contributed by atoms with van der Waals surface area (Å²) in [6, 6.07) is 26.3. The van der Waals surface area contributed by atoms with E-state index in [0.29, 0.717) is 0 Å². The van der Waals surface area contributed by atoms with Crippen molar-refractivity contribution in [1.82, 2.24) is 30.2 Å². The van der Waals surface area contributed by atoms with Gasteiger partial charge in [-0.2, -0.15) is 0 Å². The van der Waals surface area contributed by atoms with Crippen molar-refractivity contribution in [3.05, 3.63) is 119 Å². The van der Waals surface area contributed by atoms with E-state index < -0.39 is 0 Å². The summed E-state index contributed by atoms with van der Waals surface area (Å²) < 4.78 is 0. The molecule has 0 saturated heterocycles. The summed E-state index contributed by atoms with van der Waals surface area (Å²) in [5, 5.41) is 3.61. The van der Waals surface area contributed by atoms with Crippen LogP contribution in [0, 0.1) is 0 Å². The predicted octanol–water partition coefficient (Wildman–Crippen LogP) is 6.22. The van der Waals surface area contributed by atoms with E-state index in [2.05, 4.69) is 87.8 Å². The van der Waals surface area contributed by atoms with Gasteiger partial charge in [0.15, 0.2) is 0 Å². The first-order valence-electron chi connectivity index (χ1n) is 13.3. The van der Waals surface area contributed by atoms with Gasteiger partial charge in [0.25, 0.3) is 0 Å². The van der Waals surface area contributed by atoms with Crippen LogP contribution in [0.2, 0.25) is 0 Å². The molecule has 3 N–H and O–H groups in total. The Labute approximate surface area is 218 Å². The number of nitrogens with one attached hydrogen (secondary N) is 3. The van der Waals surface area contributed by atoms with E-state index in [-0.39, 0.29) is 12.1 Å². The van der Waals surface area contributed by atoms with E-state index in [1.54, 1.807) is 0 Å². The number of pyridine rings is 1. The molecule has 0 radical (unpaired) electrons. The monoisotopic (exact) mass is 490 g/mol. The van der Waals surface area contributed by atoms with E-state index in [4.69, 9.17) is 9.97 Å². The third-order valence-corrected chi connectivity index (χ3v) is 7.51. The molecule has 0 amide bonds. The Bertz CT molecular complexity index is 1400. The molecule has 0 aliphatic heterocycles. The number of benzene rings is 2. The maximum Gasteiger partial charge on any atom is 0.121 e. The van der Waals surface area contributed by atoms with Crippen LogP contribution in [0.3, 0.4) is 0 Å². The maximum atomic E-state index is 4.89. The summed E-state index contributed by atoms with van der Waals surface area (Å²) in [7, 11) is 0. The molecule has 6 nitrogen and oxygen atoms in total. The summed E-state index contributed by atoms with van der Waals surface area (Å²) in [4.78, 5) is 19.1. The Hall–Kier alpha value is -3.74. The molecule has 0 fully saturated rings. The SMILES string of the molecule is CC(NCc1ccc(CN(Cc2nc3ccccc3[nH]2)C2CCCc3cccnc32)cc1)c1ccc[nH]1. The third kappa shape index (κ3) is 5.36. The van der Waals surface area contributed by atoms with Gasteiger partial charge >= 0.3 is 0 Å². The standard InChI is InChI=1S/C31H34N6/c1-22(26-11-6-17-32-26)34-19-23-13-15-24(16-14-23)20-37(21-30-35-27-9-2-3-10-28(27)36-30)29-12-4-7-25-8-5-18-33-31(25)29/h2-3,5-6,8-11,13-18,22,29,32,34H,4,7,12,19-21H2,1H3,(H,35,36). The lowest BCUT2D eigenvalue weighted by atomic mass is 9.90. The molecule has 0 spiro atoms. The van der Waals surface area contributed by atoms with Gasteiger partial charge in [0.1, 0.15) is 5.82 Å². The summed E-state index contributed by atoms with van der Waals surface area (Å²) in [5.74, 6) is 1.00. The highest BCUT2D eigenvalue weighted by Gasteiger charge is 2.28. The largest absolute Gasteiger partial charge is 0.364 e. The summed E-state index contributed by atoms with van der Waals surface area (Å²) in [6.07, 6.45) is 7.32. The van der Waals surface area contributed by atoms with E-state index in [1.165, 1.54) is 34.5 Å². The number of hydrogen-bond acceptors (Lipinski definition) is 4. The van der Waals surface area contributed by atoms with Crippen molar-refractivity contribution in [3.63, 3.8) is 0 Å². The van der Waals surface area contributed by atoms with Gasteiger partial charge in [-0.25, -0.2) is 4.98 Å². The van der Waals surface area contributed by atoms with Gasteiger partial charge < -0.3 is 15.3 Å². The van der Waals surface area contributed by atoms with Gasteiger partial charge in [-0.15, -0.1) is 0 Å². The molecule has 6 rings (SSSR count). The average Bonchev–Trinajstić information content (AvgIpc) is 3.62. The van der Waals surface area contributed by atoms with E-state index in [0.717, 1.165) is 49.3 Å². The highest BCUT2D eigenvalue weighted by atomic mass is 15.2. The van der Waals surface area contributed by atoms with Crippen molar-refractivity contribution >= 4 is 11.0 Å². The smallest absolute Gasteiger partial charge is 0.121 e. The second-order valence-electron chi connectivity index (χ2n) is 10.1. The lowest BCUT2D eigenvalue weighted by molar-refractivity contribution is 0.153. The number of aromatic amines is 2. The Morgan fingerprint density at radius 1 is 0.973 bits per heavy atom. The molecule has 3 aromatic heterocycles. The fourth-order valence-electron chi connectivity index (χ4n) is 5.48. The number of para-hydroxylation sites is 2. The molecule has 2 aromatic carbocycles. The summed E-state index contributed by atoms with van der Waals surface area (Å²) in [6.45, 7) is 4.63. The maximum absolute atomic E-state index is 4.89. The molecular formula is C31H34N6. The topological polar surface area (TPSA) is 72.6 Å². The molecule has 3 heterocycles. The Morgan fingerprint density at radius 3 is 2.68 bits per heavy atom. The van der Waals surface area contributed by atoms with Gasteiger partial charge in [-0.05, 0) is 73.2 Å². The molecule has 6 heteroatoms. The van der Waals surface area contributed by atoms with Crippen LogP contribution in [-0.2, 0) is 26.1 Å². The molecule has 0 saturated carbocycles. The van der Waals surface area contributed by atoms with Gasteiger partial charge in [-0.3, -0.25) is 9.88 Å². The van der Waals surface area contributed by atoms with Crippen molar-refractivity contribution in [2.45, 2.75) is 57.9 Å². The zero-order valence-corrected chi connectivity index (χ0v) is 21.3. The molecule has 2 atom stereocenters. The lowest BCUT2D eigenvalue weighted by Crippen LogP contribution is -2.31. The van der Waals surface area contributed by atoms with Crippen LogP contribution in [0.15, 0.2) is 85.2 Å². The first kappa shape index (κ1) is 23.6. The van der Waals surface area contributed by atoms with Gasteiger partial charge in [-0.1, -0.05) is 42.5 Å². The number of hydrogen-bond donors (Lipinski definition) is 3. The third-order valence-electron chi connectivity index (χ3n) is 7.51. The Balaban J connectivity index is 1.21. The number of aryl methyl sites for hydroxylation is 1. The van der Waals surface area contributed by atoms with Crippen LogP contribution in [0.1, 0.15) is 65.8 Å². The Kier molecular flexibility index (Phi) is 6.84. The summed E-state index contributed by atoms with van der Waals surface area (Å²) in [5.41, 5.74) is 8.51. The average molecular weight is 491 g/mol. The van der Waals surface area contributed by atoms with E-state index in [9.17, 15) is 0 Å². The zero-order chi connectivity index (χ0) is 25.0. The van der Waals surface area contributed by atoms with Crippen molar-refractivity contribution < 1.29 is 0 Å². The number of aromatic nitrogens is 4. The second-order valence-corrected chi connectivity index (χ2v) is 10.1. The first-order valence-corrected chi connectivity index (χ1v) is 13.3. The van der Waals surface area contributed by atoms with E-state index in [1.807, 2.05) is 24.5 Å². The molecule has 5 aromatic rings. The number of H-pyrrole nitrogens is 2. The van der Waals surface area contributed by atoms with Crippen molar-refractivity contribution in [2.75, 3.05) is 0 Å². The van der Waals surface area contributed by atoms with Crippen LogP contribution in [0.25, 0.3) is 11.0 Å². The number of rotatable bonds is 9. The predicted molar refractivity (Wildman–Crippen MR) is 148 cm³/mol. The number of fused-ring (bicyclic) bond motifs is 2. The molecule has 188 valence electrons. The van der Waals surface area contributed by atoms with Crippen LogP contribution >= 0.6 is 0 Å². The fourth-order valence-corrected chi connectivity index (χ4v) is 5.48. The molecule has 1 aliphatic carbocycles. The fraction of sp³-hybridized carbons (Fsp3) is 0.290. The van der Waals surface area contributed by atoms with Gasteiger partial charge in [0.05, 0.1) is 29.3 Å². The normalized spacial score (nSPS) is 16.2. The zero-order valence-electron chi connectivity index (χ0n) is 21.3. The minimum atomic E-state index is 0.279. The minimum absolute atomic E-state index is 0.279. The molecule has 37 heavy (non-hydrogen) atoms. The first-order chi connectivity index (χ1) is 18.2. The van der Waals surface area contributed by atoms with Crippen molar-refractivity contribution in [3.8, 4) is 0 Å². The number of nitrogens with zero attached hydrogens (tertiary/aromatic N) is 3. The van der Waals surface area contributed by atoms with E-state index >= 15 is 0 Å². The van der Waals surface area contributed by atoms with Crippen LogP contribution in [0.5, 0.6) is 0 Å². The van der Waals surface area contributed by atoms with Crippen LogP contribution in [0.4, 0.5) is 0 Å². The van der Waals surface area contributed by atoms with Crippen molar-refractivity contribution in [2.24, 2.45) is 0 Å². The molecule has 1 aliphatic rings. The number of imidazole rings is 1. The highest BCUT2D eigenvalue weighted by molar-refractivity contribution is 5.74. The van der Waals surface area contributed by atoms with Gasteiger partial charge in [0, 0.05) is 37.2 Å². The molecule has 0 bridgehead atoms. The van der Waals surface area contributed by atoms with Gasteiger partial charge in [0.2, 0.25) is 0 Å². The quantitative estimate of drug-likeness (QED) is 0.229.